The van der Waals surface area contributed by atoms with Crippen LogP contribution in [0, 0.1) is 0 Å². The average Bonchev–Trinajstić information content (AvgIpc) is 2.55. The molecule has 0 aliphatic rings. The summed E-state index contributed by atoms with van der Waals surface area (Å²) in [6.07, 6.45) is 1.53. The lowest BCUT2D eigenvalue weighted by atomic mass is 10.0. The summed E-state index contributed by atoms with van der Waals surface area (Å²) < 4.78 is 5.11. The van der Waals surface area contributed by atoms with Crippen LogP contribution in [0.1, 0.15) is 12.5 Å². The molecule has 0 spiro atoms. The number of benzene rings is 2. The van der Waals surface area contributed by atoms with Crippen molar-refractivity contribution in [2.24, 2.45) is 0 Å². The Morgan fingerprint density at radius 2 is 1.91 bits per heavy atom. The fraction of sp³-hybridized carbons (Fsp3) is 0.167. The van der Waals surface area contributed by atoms with E-state index in [-0.39, 0.29) is 5.76 Å². The normalized spacial score (nSPS) is 11.1. The van der Waals surface area contributed by atoms with E-state index < -0.39 is 5.97 Å². The van der Waals surface area contributed by atoms with Crippen molar-refractivity contribution in [3.8, 4) is 11.1 Å². The van der Waals surface area contributed by atoms with E-state index in [1.54, 1.807) is 6.92 Å². The van der Waals surface area contributed by atoms with Crippen molar-refractivity contribution in [1.82, 2.24) is 0 Å². The van der Waals surface area contributed by atoms with Crippen LogP contribution in [0.5, 0.6) is 0 Å². The topological polar surface area (TPSA) is 58.6 Å². The summed E-state index contributed by atoms with van der Waals surface area (Å²) >= 11 is 0. The van der Waals surface area contributed by atoms with Crippen LogP contribution in [0.3, 0.4) is 0 Å². The standard InChI is InChI=1S/C18H19NO3/c1-3-22-17(18(20)21)11-13-7-9-14(10-8-13)15-5-4-6-16(12-15)19-2/h4-12,19H,3H2,1-2H3,(H,20,21). The molecular formula is C18H19NO3. The summed E-state index contributed by atoms with van der Waals surface area (Å²) in [5.41, 5.74) is 4.01. The van der Waals surface area contributed by atoms with Gasteiger partial charge in [0.25, 0.3) is 0 Å². The highest BCUT2D eigenvalue weighted by Crippen LogP contribution is 2.23. The predicted octanol–water partition coefficient (Wildman–Crippen LogP) is 3.86. The van der Waals surface area contributed by atoms with Crippen molar-refractivity contribution >= 4 is 17.7 Å². The predicted molar refractivity (Wildman–Crippen MR) is 88.7 cm³/mol. The zero-order chi connectivity index (χ0) is 15.9. The summed E-state index contributed by atoms with van der Waals surface area (Å²) in [4.78, 5) is 11.1. The smallest absolute Gasteiger partial charge is 0.371 e. The Balaban J connectivity index is 2.26. The van der Waals surface area contributed by atoms with E-state index >= 15 is 0 Å². The maximum atomic E-state index is 11.1. The van der Waals surface area contributed by atoms with Crippen LogP contribution in [0.2, 0.25) is 0 Å². The second kappa shape index (κ2) is 7.31. The van der Waals surface area contributed by atoms with Crippen molar-refractivity contribution in [3.05, 3.63) is 59.9 Å². The molecule has 0 atom stereocenters. The number of rotatable bonds is 6. The van der Waals surface area contributed by atoms with Crippen LogP contribution in [0.4, 0.5) is 5.69 Å². The number of nitrogens with one attached hydrogen (secondary N) is 1. The number of ether oxygens (including phenoxy) is 1. The minimum absolute atomic E-state index is 0.0487. The lowest BCUT2D eigenvalue weighted by Crippen LogP contribution is -2.04. The Morgan fingerprint density at radius 3 is 2.50 bits per heavy atom. The average molecular weight is 297 g/mol. The maximum Gasteiger partial charge on any atom is 0.371 e. The molecule has 114 valence electrons. The van der Waals surface area contributed by atoms with Gasteiger partial charge >= 0.3 is 5.97 Å². The third-order valence-electron chi connectivity index (χ3n) is 3.20. The third-order valence-corrected chi connectivity index (χ3v) is 3.20. The van der Waals surface area contributed by atoms with Gasteiger partial charge in [-0.25, -0.2) is 4.79 Å². The molecule has 0 aliphatic carbocycles. The number of carbonyl (C=O) groups is 1. The molecule has 0 saturated carbocycles. The summed E-state index contributed by atoms with van der Waals surface area (Å²) in [5.74, 6) is -1.11. The van der Waals surface area contributed by atoms with Gasteiger partial charge in [0.15, 0.2) is 0 Å². The van der Waals surface area contributed by atoms with E-state index in [9.17, 15) is 4.79 Å². The molecule has 0 bridgehead atoms. The Bertz CT molecular complexity index is 675. The molecular weight excluding hydrogens is 278 g/mol. The van der Waals surface area contributed by atoms with Crippen molar-refractivity contribution in [2.45, 2.75) is 6.92 Å². The second-order valence-corrected chi connectivity index (χ2v) is 4.70. The summed E-state index contributed by atoms with van der Waals surface area (Å²) in [7, 11) is 1.88. The zero-order valence-electron chi connectivity index (χ0n) is 12.7. The summed E-state index contributed by atoms with van der Waals surface area (Å²) in [6, 6.07) is 15.8. The molecule has 0 aliphatic heterocycles. The molecule has 0 aromatic heterocycles. The van der Waals surface area contributed by atoms with E-state index in [1.807, 2.05) is 49.5 Å². The molecule has 4 heteroatoms. The zero-order valence-corrected chi connectivity index (χ0v) is 12.7. The SMILES string of the molecule is CCOC(=Cc1ccc(-c2cccc(NC)c2)cc1)C(=O)O. The Hall–Kier alpha value is -2.75. The highest BCUT2D eigenvalue weighted by Gasteiger charge is 2.07. The largest absolute Gasteiger partial charge is 0.487 e. The molecule has 0 amide bonds. The highest BCUT2D eigenvalue weighted by molar-refractivity contribution is 5.90. The molecule has 22 heavy (non-hydrogen) atoms. The van der Waals surface area contributed by atoms with E-state index in [1.165, 1.54) is 6.08 Å². The quantitative estimate of drug-likeness (QED) is 0.628. The monoisotopic (exact) mass is 297 g/mol. The first-order valence-corrected chi connectivity index (χ1v) is 7.10. The third kappa shape index (κ3) is 3.88. The maximum absolute atomic E-state index is 11.1. The molecule has 2 aromatic carbocycles. The first-order chi connectivity index (χ1) is 10.6. The second-order valence-electron chi connectivity index (χ2n) is 4.70. The van der Waals surface area contributed by atoms with Crippen molar-refractivity contribution in [3.63, 3.8) is 0 Å². The molecule has 4 nitrogen and oxygen atoms in total. The highest BCUT2D eigenvalue weighted by atomic mass is 16.5. The van der Waals surface area contributed by atoms with Crippen LogP contribution in [0.25, 0.3) is 17.2 Å². The fourth-order valence-corrected chi connectivity index (χ4v) is 2.10. The molecule has 0 unspecified atom stereocenters. The van der Waals surface area contributed by atoms with Crippen LogP contribution >= 0.6 is 0 Å². The van der Waals surface area contributed by atoms with Crippen molar-refractivity contribution < 1.29 is 14.6 Å². The number of carboxylic acids is 1. The Kier molecular flexibility index (Phi) is 5.20. The van der Waals surface area contributed by atoms with Crippen molar-refractivity contribution in [1.29, 1.82) is 0 Å². The van der Waals surface area contributed by atoms with E-state index in [0.717, 1.165) is 22.4 Å². The minimum atomic E-state index is -1.06. The molecule has 0 heterocycles. The van der Waals surface area contributed by atoms with Gasteiger partial charge in [-0.1, -0.05) is 36.4 Å². The lowest BCUT2D eigenvalue weighted by molar-refractivity contribution is -0.136. The number of hydrogen-bond donors (Lipinski definition) is 2. The first kappa shape index (κ1) is 15.6. The molecule has 2 aromatic rings. The van der Waals surface area contributed by atoms with E-state index in [4.69, 9.17) is 9.84 Å². The van der Waals surface area contributed by atoms with Gasteiger partial charge in [0.2, 0.25) is 5.76 Å². The van der Waals surface area contributed by atoms with Gasteiger partial charge in [-0.2, -0.15) is 0 Å². The minimum Gasteiger partial charge on any atom is -0.487 e. The Morgan fingerprint density at radius 1 is 1.18 bits per heavy atom. The first-order valence-electron chi connectivity index (χ1n) is 7.10. The van der Waals surface area contributed by atoms with Gasteiger partial charge in [0, 0.05) is 12.7 Å². The van der Waals surface area contributed by atoms with E-state index in [0.29, 0.717) is 6.61 Å². The molecule has 0 radical (unpaired) electrons. The Labute approximate surface area is 130 Å². The molecule has 2 N–H and O–H groups in total. The van der Waals surface area contributed by atoms with Gasteiger partial charge in [-0.3, -0.25) is 0 Å². The van der Waals surface area contributed by atoms with Gasteiger partial charge < -0.3 is 15.2 Å². The van der Waals surface area contributed by atoms with Crippen LogP contribution < -0.4 is 5.32 Å². The molecule has 2 rings (SSSR count). The number of aliphatic carboxylic acids is 1. The van der Waals surface area contributed by atoms with Crippen LogP contribution in [-0.4, -0.2) is 24.7 Å². The van der Waals surface area contributed by atoms with Gasteiger partial charge in [-0.05, 0) is 41.8 Å². The number of hydrogen-bond acceptors (Lipinski definition) is 3. The molecule has 0 fully saturated rings. The molecule has 0 saturated heterocycles. The van der Waals surface area contributed by atoms with Crippen LogP contribution in [-0.2, 0) is 9.53 Å². The van der Waals surface area contributed by atoms with Gasteiger partial charge in [0.1, 0.15) is 0 Å². The fourth-order valence-electron chi connectivity index (χ4n) is 2.10. The summed E-state index contributed by atoms with van der Waals surface area (Å²) in [6.45, 7) is 2.08. The summed E-state index contributed by atoms with van der Waals surface area (Å²) in [5, 5.41) is 12.2. The number of carboxylic acid groups (broad SMARTS) is 1. The lowest BCUT2D eigenvalue weighted by Gasteiger charge is -2.06. The van der Waals surface area contributed by atoms with E-state index in [2.05, 4.69) is 11.4 Å². The van der Waals surface area contributed by atoms with Crippen molar-refractivity contribution in [2.75, 3.05) is 19.0 Å². The van der Waals surface area contributed by atoms with Gasteiger partial charge in [-0.15, -0.1) is 0 Å². The number of anilines is 1. The van der Waals surface area contributed by atoms with Crippen LogP contribution in [0.15, 0.2) is 54.3 Å². The van der Waals surface area contributed by atoms with Gasteiger partial charge in [0.05, 0.1) is 6.61 Å².